The van der Waals surface area contributed by atoms with Gasteiger partial charge in [0.05, 0.1) is 29.5 Å². The molecule has 31 heavy (non-hydrogen) atoms. The summed E-state index contributed by atoms with van der Waals surface area (Å²) in [5.74, 6) is -0.159. The summed E-state index contributed by atoms with van der Waals surface area (Å²) in [5, 5.41) is 11.9. The molecule has 0 unspecified atom stereocenters. The van der Waals surface area contributed by atoms with Crippen molar-refractivity contribution in [2.24, 2.45) is 5.92 Å². The van der Waals surface area contributed by atoms with Gasteiger partial charge in [-0.3, -0.25) is 4.79 Å². The monoisotopic (exact) mass is 426 g/mol. The Labute approximate surface area is 177 Å². The van der Waals surface area contributed by atoms with Crippen molar-refractivity contribution in [3.05, 3.63) is 59.8 Å². The number of amides is 1. The summed E-state index contributed by atoms with van der Waals surface area (Å²) < 4.78 is 41.1. The van der Waals surface area contributed by atoms with E-state index in [1.807, 2.05) is 41.1 Å². The maximum atomic E-state index is 13.1. The van der Waals surface area contributed by atoms with Crippen LogP contribution in [0.25, 0.3) is 16.6 Å². The predicted molar refractivity (Wildman–Crippen MR) is 112 cm³/mol. The molecule has 0 saturated carbocycles. The molecular formula is C23H21F3N4O. The van der Waals surface area contributed by atoms with Crippen molar-refractivity contribution in [2.45, 2.75) is 19.5 Å². The Kier molecular flexibility index (Phi) is 5.36. The standard InChI is InChI=1S/C23H21F3N4O/c1-15-12-30(21-7-6-17(10-20(15)21)23(24,25)26)19-5-2-4-18(11-19)29-13-16(14-29)22(31)28-9-3-8-27/h2,4-7,10-12,16H,3,9,13-14H2,1H3,(H,28,31). The van der Waals surface area contributed by atoms with Crippen LogP contribution in [0.15, 0.2) is 48.7 Å². The summed E-state index contributed by atoms with van der Waals surface area (Å²) in [6.45, 7) is 3.33. The molecule has 8 heteroatoms. The number of carbonyl (C=O) groups excluding carboxylic acids is 1. The molecule has 1 N–H and O–H groups in total. The van der Waals surface area contributed by atoms with Gasteiger partial charge in [0.25, 0.3) is 0 Å². The Morgan fingerprint density at radius 3 is 2.65 bits per heavy atom. The van der Waals surface area contributed by atoms with E-state index >= 15 is 0 Å². The lowest BCUT2D eigenvalue weighted by Gasteiger charge is -2.40. The Morgan fingerprint density at radius 2 is 1.94 bits per heavy atom. The molecule has 0 radical (unpaired) electrons. The molecule has 0 atom stereocenters. The van der Waals surface area contributed by atoms with Gasteiger partial charge in [0.1, 0.15) is 0 Å². The van der Waals surface area contributed by atoms with Gasteiger partial charge in [-0.1, -0.05) is 6.07 Å². The summed E-state index contributed by atoms with van der Waals surface area (Å²) in [6, 6.07) is 13.5. The average molecular weight is 426 g/mol. The fraction of sp³-hybridized carbons (Fsp3) is 0.304. The molecule has 2 aromatic carbocycles. The van der Waals surface area contributed by atoms with Crippen LogP contribution < -0.4 is 10.2 Å². The topological polar surface area (TPSA) is 61.1 Å². The zero-order valence-electron chi connectivity index (χ0n) is 16.9. The third-order valence-electron chi connectivity index (χ3n) is 5.59. The van der Waals surface area contributed by atoms with E-state index in [9.17, 15) is 18.0 Å². The maximum absolute atomic E-state index is 13.1. The second kappa shape index (κ2) is 7.99. The highest BCUT2D eigenvalue weighted by Crippen LogP contribution is 2.34. The van der Waals surface area contributed by atoms with Crippen molar-refractivity contribution in [1.29, 1.82) is 5.26 Å². The number of carbonyl (C=O) groups is 1. The second-order valence-electron chi connectivity index (χ2n) is 7.73. The molecule has 2 heterocycles. The highest BCUT2D eigenvalue weighted by molar-refractivity contribution is 5.86. The molecule has 1 amide bonds. The van der Waals surface area contributed by atoms with Gasteiger partial charge in [0, 0.05) is 42.6 Å². The van der Waals surface area contributed by atoms with E-state index in [-0.39, 0.29) is 11.8 Å². The lowest BCUT2D eigenvalue weighted by molar-refractivity contribution is -0.137. The van der Waals surface area contributed by atoms with E-state index in [4.69, 9.17) is 5.26 Å². The van der Waals surface area contributed by atoms with Gasteiger partial charge in [-0.25, -0.2) is 0 Å². The fourth-order valence-electron chi connectivity index (χ4n) is 3.87. The van der Waals surface area contributed by atoms with Crippen LogP contribution in [-0.2, 0) is 11.0 Å². The number of nitrogens with one attached hydrogen (secondary N) is 1. The van der Waals surface area contributed by atoms with Gasteiger partial charge in [-0.15, -0.1) is 0 Å². The third-order valence-corrected chi connectivity index (χ3v) is 5.59. The molecule has 1 fully saturated rings. The first-order chi connectivity index (χ1) is 14.8. The highest BCUT2D eigenvalue weighted by atomic mass is 19.4. The van der Waals surface area contributed by atoms with Crippen LogP contribution in [0.3, 0.4) is 0 Å². The van der Waals surface area contributed by atoms with Gasteiger partial charge >= 0.3 is 6.18 Å². The van der Waals surface area contributed by atoms with E-state index in [2.05, 4.69) is 10.2 Å². The number of alkyl halides is 3. The number of fused-ring (bicyclic) bond motifs is 1. The molecule has 1 aromatic heterocycles. The molecule has 160 valence electrons. The molecule has 1 aliphatic heterocycles. The first kappa shape index (κ1) is 20.8. The lowest BCUT2D eigenvalue weighted by Crippen LogP contribution is -2.53. The maximum Gasteiger partial charge on any atom is 0.416 e. The number of benzene rings is 2. The Morgan fingerprint density at radius 1 is 1.19 bits per heavy atom. The number of hydrogen-bond acceptors (Lipinski definition) is 3. The number of aromatic nitrogens is 1. The Bertz CT molecular complexity index is 1170. The summed E-state index contributed by atoms with van der Waals surface area (Å²) in [7, 11) is 0. The predicted octanol–water partition coefficient (Wildman–Crippen LogP) is 4.42. The van der Waals surface area contributed by atoms with Gasteiger partial charge in [-0.05, 0) is 48.9 Å². The number of rotatable bonds is 5. The Balaban J connectivity index is 1.54. The first-order valence-electron chi connectivity index (χ1n) is 9.97. The lowest BCUT2D eigenvalue weighted by atomic mass is 9.98. The second-order valence-corrected chi connectivity index (χ2v) is 7.73. The highest BCUT2D eigenvalue weighted by Gasteiger charge is 2.33. The van der Waals surface area contributed by atoms with Crippen LogP contribution in [0.2, 0.25) is 0 Å². The van der Waals surface area contributed by atoms with E-state index in [0.29, 0.717) is 37.0 Å². The summed E-state index contributed by atoms with van der Waals surface area (Å²) in [6.07, 6.45) is -2.25. The Hall–Kier alpha value is -3.47. The smallest absolute Gasteiger partial charge is 0.370 e. The summed E-state index contributed by atoms with van der Waals surface area (Å²) in [5.41, 5.74) is 2.61. The van der Waals surface area contributed by atoms with Crippen LogP contribution in [0.5, 0.6) is 0 Å². The minimum atomic E-state index is -4.38. The van der Waals surface area contributed by atoms with E-state index in [0.717, 1.165) is 23.0 Å². The van der Waals surface area contributed by atoms with Crippen LogP contribution in [0.4, 0.5) is 18.9 Å². The zero-order chi connectivity index (χ0) is 22.2. The van der Waals surface area contributed by atoms with Crippen molar-refractivity contribution in [3.63, 3.8) is 0 Å². The van der Waals surface area contributed by atoms with Crippen molar-refractivity contribution >= 4 is 22.5 Å². The van der Waals surface area contributed by atoms with Gasteiger partial charge in [-0.2, -0.15) is 18.4 Å². The van der Waals surface area contributed by atoms with Crippen molar-refractivity contribution in [2.75, 3.05) is 24.5 Å². The fourth-order valence-corrected chi connectivity index (χ4v) is 3.87. The molecule has 3 aromatic rings. The number of aryl methyl sites for hydroxylation is 1. The number of nitrogens with zero attached hydrogens (tertiary/aromatic N) is 3. The van der Waals surface area contributed by atoms with Crippen molar-refractivity contribution in [3.8, 4) is 11.8 Å². The molecule has 0 spiro atoms. The van der Waals surface area contributed by atoms with E-state index in [1.54, 1.807) is 6.92 Å². The summed E-state index contributed by atoms with van der Waals surface area (Å²) in [4.78, 5) is 14.2. The number of nitriles is 1. The molecule has 1 saturated heterocycles. The molecular weight excluding hydrogens is 405 g/mol. The molecule has 4 rings (SSSR count). The molecule has 5 nitrogen and oxygen atoms in total. The molecule has 0 bridgehead atoms. The largest absolute Gasteiger partial charge is 0.416 e. The van der Waals surface area contributed by atoms with Crippen molar-refractivity contribution < 1.29 is 18.0 Å². The quantitative estimate of drug-likeness (QED) is 0.615. The van der Waals surface area contributed by atoms with Crippen LogP contribution in [-0.4, -0.2) is 30.1 Å². The van der Waals surface area contributed by atoms with E-state index < -0.39 is 11.7 Å². The average Bonchev–Trinajstić information content (AvgIpc) is 3.03. The van der Waals surface area contributed by atoms with Gasteiger partial charge in [0.2, 0.25) is 5.91 Å². The number of hydrogen-bond donors (Lipinski definition) is 1. The third kappa shape index (κ3) is 4.08. The molecule has 1 aliphatic rings. The van der Waals surface area contributed by atoms with Crippen molar-refractivity contribution in [1.82, 2.24) is 9.88 Å². The SMILES string of the molecule is Cc1cn(-c2cccc(N3CC(C(=O)NCCC#N)C3)c2)c2ccc(C(F)(F)F)cc12. The first-order valence-corrected chi connectivity index (χ1v) is 9.97. The van der Waals surface area contributed by atoms with Crippen LogP contribution >= 0.6 is 0 Å². The summed E-state index contributed by atoms with van der Waals surface area (Å²) >= 11 is 0. The zero-order valence-corrected chi connectivity index (χ0v) is 16.9. The minimum absolute atomic E-state index is 0.0462. The van der Waals surface area contributed by atoms with Crippen LogP contribution in [0.1, 0.15) is 17.5 Å². The van der Waals surface area contributed by atoms with Gasteiger partial charge < -0.3 is 14.8 Å². The minimum Gasteiger partial charge on any atom is -0.370 e. The van der Waals surface area contributed by atoms with Crippen LogP contribution in [0, 0.1) is 24.2 Å². The van der Waals surface area contributed by atoms with E-state index in [1.165, 1.54) is 12.1 Å². The normalized spacial score (nSPS) is 14.4. The number of halogens is 3. The number of anilines is 1. The molecule has 0 aliphatic carbocycles. The van der Waals surface area contributed by atoms with Gasteiger partial charge in [0.15, 0.2) is 0 Å².